The number of halogens is 2. The highest BCUT2D eigenvalue weighted by Gasteiger charge is 2.11. The molecule has 0 aliphatic carbocycles. The summed E-state index contributed by atoms with van der Waals surface area (Å²) in [4.78, 5) is 8.34. The number of hydrogen-bond donors (Lipinski definition) is 1. The van der Waals surface area contributed by atoms with Gasteiger partial charge >= 0.3 is 0 Å². The number of rotatable bonds is 4. The van der Waals surface area contributed by atoms with Gasteiger partial charge in [-0.05, 0) is 35.9 Å². The number of fused-ring (bicyclic) bond motifs is 1. The van der Waals surface area contributed by atoms with Crippen molar-refractivity contribution < 1.29 is 17.2 Å². The van der Waals surface area contributed by atoms with Crippen molar-refractivity contribution in [1.29, 1.82) is 0 Å². The lowest BCUT2D eigenvalue weighted by Crippen LogP contribution is -2.04. The van der Waals surface area contributed by atoms with E-state index in [0.717, 1.165) is 18.4 Å². The van der Waals surface area contributed by atoms with Gasteiger partial charge < -0.3 is 5.32 Å². The summed E-state index contributed by atoms with van der Waals surface area (Å²) in [5.74, 6) is -1.43. The number of sulfone groups is 1. The highest BCUT2D eigenvalue weighted by molar-refractivity contribution is 7.90. The molecule has 24 heavy (non-hydrogen) atoms. The maximum Gasteiger partial charge on any atom is 0.175 e. The van der Waals surface area contributed by atoms with E-state index < -0.39 is 21.5 Å². The molecule has 0 fully saturated rings. The van der Waals surface area contributed by atoms with Gasteiger partial charge in [0.1, 0.15) is 12.1 Å². The molecule has 0 amide bonds. The fourth-order valence-corrected chi connectivity index (χ4v) is 2.89. The molecule has 0 atom stereocenters. The van der Waals surface area contributed by atoms with E-state index in [1.54, 1.807) is 6.07 Å². The van der Waals surface area contributed by atoms with E-state index in [4.69, 9.17) is 0 Å². The Labute approximate surface area is 137 Å². The van der Waals surface area contributed by atoms with Gasteiger partial charge in [-0.1, -0.05) is 6.07 Å². The lowest BCUT2D eigenvalue weighted by Gasteiger charge is -2.09. The number of hydrogen-bond acceptors (Lipinski definition) is 5. The third-order valence-electron chi connectivity index (χ3n) is 3.48. The zero-order valence-corrected chi connectivity index (χ0v) is 13.4. The van der Waals surface area contributed by atoms with E-state index >= 15 is 0 Å². The number of aromatic nitrogens is 2. The Bertz CT molecular complexity index is 1020. The first-order valence-corrected chi connectivity index (χ1v) is 8.86. The Morgan fingerprint density at radius 3 is 2.54 bits per heavy atom. The minimum absolute atomic E-state index is 0.153. The molecule has 0 aliphatic rings. The van der Waals surface area contributed by atoms with Crippen molar-refractivity contribution in [2.75, 3.05) is 11.6 Å². The van der Waals surface area contributed by atoms with Crippen LogP contribution in [0.25, 0.3) is 10.9 Å². The second-order valence-corrected chi connectivity index (χ2v) is 7.29. The molecule has 124 valence electrons. The number of anilines is 1. The molecule has 1 heterocycles. The van der Waals surface area contributed by atoms with Crippen molar-refractivity contribution in [3.05, 3.63) is 59.9 Å². The monoisotopic (exact) mass is 349 g/mol. The van der Waals surface area contributed by atoms with Crippen LogP contribution >= 0.6 is 0 Å². The molecule has 0 bridgehead atoms. The first-order chi connectivity index (χ1) is 11.3. The molecule has 8 heteroatoms. The highest BCUT2D eigenvalue weighted by Crippen LogP contribution is 2.23. The third kappa shape index (κ3) is 3.33. The molecule has 0 saturated carbocycles. The molecule has 0 unspecified atom stereocenters. The smallest absolute Gasteiger partial charge is 0.175 e. The lowest BCUT2D eigenvalue weighted by molar-refractivity contribution is 0.507. The van der Waals surface area contributed by atoms with Crippen LogP contribution in [0.5, 0.6) is 0 Å². The van der Waals surface area contributed by atoms with Gasteiger partial charge in [0.05, 0.1) is 10.4 Å². The van der Waals surface area contributed by atoms with Crippen molar-refractivity contribution in [1.82, 2.24) is 9.97 Å². The minimum Gasteiger partial charge on any atom is -0.365 e. The van der Waals surface area contributed by atoms with Crippen LogP contribution in [-0.4, -0.2) is 24.6 Å². The minimum atomic E-state index is -3.36. The normalized spacial score (nSPS) is 11.6. The molecule has 0 saturated heterocycles. The summed E-state index contributed by atoms with van der Waals surface area (Å²) in [6, 6.07) is 8.15. The molecule has 2 aromatic carbocycles. The Hall–Kier alpha value is -2.61. The Balaban J connectivity index is 1.95. The van der Waals surface area contributed by atoms with E-state index in [1.165, 1.54) is 24.5 Å². The van der Waals surface area contributed by atoms with Crippen molar-refractivity contribution in [3.8, 4) is 0 Å². The maximum absolute atomic E-state index is 13.2. The second kappa shape index (κ2) is 6.12. The topological polar surface area (TPSA) is 72.0 Å². The molecule has 1 N–H and O–H groups in total. The zero-order valence-electron chi connectivity index (χ0n) is 12.6. The van der Waals surface area contributed by atoms with E-state index in [0.29, 0.717) is 22.3 Å². The van der Waals surface area contributed by atoms with Crippen molar-refractivity contribution in [2.45, 2.75) is 11.4 Å². The molecule has 1 aromatic heterocycles. The third-order valence-corrected chi connectivity index (χ3v) is 4.59. The number of nitrogens with zero attached hydrogens (tertiary/aromatic N) is 2. The number of nitrogens with one attached hydrogen (secondary N) is 1. The highest BCUT2D eigenvalue weighted by atomic mass is 32.2. The molecular formula is C16H13F2N3O2S. The first-order valence-electron chi connectivity index (χ1n) is 6.97. The summed E-state index contributed by atoms with van der Waals surface area (Å²) in [7, 11) is -3.36. The molecule has 0 radical (unpaired) electrons. The van der Waals surface area contributed by atoms with Crippen LogP contribution in [0.2, 0.25) is 0 Å². The average Bonchev–Trinajstić information content (AvgIpc) is 2.54. The van der Waals surface area contributed by atoms with Gasteiger partial charge in [-0.15, -0.1) is 0 Å². The van der Waals surface area contributed by atoms with Crippen LogP contribution in [-0.2, 0) is 16.4 Å². The van der Waals surface area contributed by atoms with Crippen LogP contribution in [0.15, 0.2) is 47.6 Å². The lowest BCUT2D eigenvalue weighted by atomic mass is 10.2. The quantitative estimate of drug-likeness (QED) is 0.784. The van der Waals surface area contributed by atoms with Crippen molar-refractivity contribution in [2.24, 2.45) is 0 Å². The molecule has 0 aliphatic heterocycles. The summed E-state index contributed by atoms with van der Waals surface area (Å²) in [5, 5.41) is 3.52. The van der Waals surface area contributed by atoms with Crippen LogP contribution in [0.3, 0.4) is 0 Å². The van der Waals surface area contributed by atoms with Crippen LogP contribution in [0, 0.1) is 11.6 Å². The predicted octanol–water partition coefficient (Wildman–Crippen LogP) is 2.92. The molecule has 5 nitrogen and oxygen atoms in total. The van der Waals surface area contributed by atoms with Gasteiger partial charge in [-0.2, -0.15) is 0 Å². The molecule has 0 spiro atoms. The van der Waals surface area contributed by atoms with E-state index in [1.807, 2.05) is 0 Å². The van der Waals surface area contributed by atoms with Gasteiger partial charge in [-0.25, -0.2) is 27.2 Å². The van der Waals surface area contributed by atoms with Gasteiger partial charge in [0.15, 0.2) is 21.5 Å². The average molecular weight is 349 g/mol. The van der Waals surface area contributed by atoms with E-state index in [9.17, 15) is 17.2 Å². The Kier molecular flexibility index (Phi) is 4.15. The Morgan fingerprint density at radius 2 is 1.83 bits per heavy atom. The fourth-order valence-electron chi connectivity index (χ4n) is 2.24. The maximum atomic E-state index is 13.2. The van der Waals surface area contributed by atoms with Gasteiger partial charge in [-0.3, -0.25) is 0 Å². The second-order valence-electron chi connectivity index (χ2n) is 5.28. The van der Waals surface area contributed by atoms with E-state index in [2.05, 4.69) is 15.3 Å². The fraction of sp³-hybridized carbons (Fsp3) is 0.125. The van der Waals surface area contributed by atoms with E-state index in [-0.39, 0.29) is 11.4 Å². The van der Waals surface area contributed by atoms with Crippen LogP contribution < -0.4 is 5.32 Å². The van der Waals surface area contributed by atoms with Gasteiger partial charge in [0.25, 0.3) is 0 Å². The molecule has 3 aromatic rings. The molecular weight excluding hydrogens is 336 g/mol. The first kappa shape index (κ1) is 16.3. The summed E-state index contributed by atoms with van der Waals surface area (Å²) < 4.78 is 49.6. The standard InChI is InChI=1S/C16H13F2N3O2S/c1-24(22,23)11-3-5-15-12(7-11)16(21-9-20-15)19-8-10-2-4-13(17)14(18)6-10/h2-7,9H,8H2,1H3,(H,19,20,21). The summed E-state index contributed by atoms with van der Waals surface area (Å²) in [6.45, 7) is 0.201. The van der Waals surface area contributed by atoms with Crippen molar-refractivity contribution in [3.63, 3.8) is 0 Å². The van der Waals surface area contributed by atoms with Crippen LogP contribution in [0.4, 0.5) is 14.6 Å². The predicted molar refractivity (Wildman–Crippen MR) is 86.3 cm³/mol. The van der Waals surface area contributed by atoms with Gasteiger partial charge in [0.2, 0.25) is 0 Å². The van der Waals surface area contributed by atoms with Gasteiger partial charge in [0, 0.05) is 18.2 Å². The zero-order chi connectivity index (χ0) is 17.3. The summed E-state index contributed by atoms with van der Waals surface area (Å²) in [5.41, 5.74) is 1.10. The SMILES string of the molecule is CS(=O)(=O)c1ccc2ncnc(NCc3ccc(F)c(F)c3)c2c1. The Morgan fingerprint density at radius 1 is 1.04 bits per heavy atom. The van der Waals surface area contributed by atoms with Crippen LogP contribution in [0.1, 0.15) is 5.56 Å². The van der Waals surface area contributed by atoms with Crippen molar-refractivity contribution >= 4 is 26.6 Å². The largest absolute Gasteiger partial charge is 0.365 e. The summed E-state index contributed by atoms with van der Waals surface area (Å²) >= 11 is 0. The summed E-state index contributed by atoms with van der Waals surface area (Å²) in [6.07, 6.45) is 2.46. The number of benzene rings is 2. The molecule has 3 rings (SSSR count).